The number of hydrogen-bond donors (Lipinski definition) is 2. The van der Waals surface area contributed by atoms with Crippen LogP contribution in [0.25, 0.3) is 0 Å². The van der Waals surface area contributed by atoms with Gasteiger partial charge in [0.1, 0.15) is 5.75 Å². The van der Waals surface area contributed by atoms with E-state index in [0.29, 0.717) is 6.54 Å². The summed E-state index contributed by atoms with van der Waals surface area (Å²) in [4.78, 5) is 4.71. The highest BCUT2D eigenvalue weighted by Crippen LogP contribution is 2.30. The second-order valence-corrected chi connectivity index (χ2v) is 6.76. The van der Waals surface area contributed by atoms with Crippen LogP contribution in [0.3, 0.4) is 0 Å². The molecule has 3 rings (SSSR count). The average Bonchev–Trinajstić information content (AvgIpc) is 3.39. The van der Waals surface area contributed by atoms with Crippen molar-refractivity contribution in [1.29, 1.82) is 0 Å². The molecule has 1 aliphatic carbocycles. The molecule has 1 aromatic heterocycles. The van der Waals surface area contributed by atoms with Crippen LogP contribution in [0.15, 0.2) is 41.7 Å². The Morgan fingerprint density at radius 2 is 2.15 bits per heavy atom. The zero-order chi connectivity index (χ0) is 18.2. The molecule has 6 nitrogen and oxygen atoms in total. The second-order valence-electron chi connectivity index (χ2n) is 6.76. The van der Waals surface area contributed by atoms with E-state index in [1.807, 2.05) is 42.2 Å². The molecule has 26 heavy (non-hydrogen) atoms. The number of nitrogens with one attached hydrogen (secondary N) is 2. The fraction of sp³-hybridized carbons (Fsp3) is 0.500. The molecule has 0 amide bonds. The predicted molar refractivity (Wildman–Crippen MR) is 104 cm³/mol. The van der Waals surface area contributed by atoms with Crippen molar-refractivity contribution in [3.8, 4) is 5.75 Å². The van der Waals surface area contributed by atoms with Crippen LogP contribution >= 0.6 is 0 Å². The molecule has 140 valence electrons. The minimum atomic E-state index is 0.594. The standard InChI is InChI=1S/C20H29N5O/c1-3-21-20(22-10-11-25-14-16(2)12-24-25)23-13-18-6-4-5-7-19(18)26-15-17-8-9-17/h4-7,12,14,17H,3,8-11,13,15H2,1-2H3,(H2,21,22,23). The lowest BCUT2D eigenvalue weighted by Gasteiger charge is -2.13. The van der Waals surface area contributed by atoms with Gasteiger partial charge in [-0.1, -0.05) is 18.2 Å². The second kappa shape index (κ2) is 9.27. The van der Waals surface area contributed by atoms with Crippen molar-refractivity contribution in [3.05, 3.63) is 47.8 Å². The van der Waals surface area contributed by atoms with Gasteiger partial charge in [0, 0.05) is 24.8 Å². The van der Waals surface area contributed by atoms with Crippen molar-refractivity contribution in [2.75, 3.05) is 19.7 Å². The fourth-order valence-corrected chi connectivity index (χ4v) is 2.65. The summed E-state index contributed by atoms with van der Waals surface area (Å²) >= 11 is 0. The van der Waals surface area contributed by atoms with Gasteiger partial charge in [-0.05, 0) is 44.2 Å². The lowest BCUT2D eigenvalue weighted by atomic mass is 10.2. The van der Waals surface area contributed by atoms with Crippen molar-refractivity contribution >= 4 is 5.96 Å². The predicted octanol–water partition coefficient (Wildman–Crippen LogP) is 2.74. The Balaban J connectivity index is 1.54. The fourth-order valence-electron chi connectivity index (χ4n) is 2.65. The first-order valence-corrected chi connectivity index (χ1v) is 9.46. The van der Waals surface area contributed by atoms with Crippen LogP contribution in [0.2, 0.25) is 0 Å². The molecule has 6 heteroatoms. The van der Waals surface area contributed by atoms with Gasteiger partial charge in [-0.3, -0.25) is 4.68 Å². The Bertz CT molecular complexity index is 720. The normalized spacial score (nSPS) is 14.3. The third-order valence-electron chi connectivity index (χ3n) is 4.29. The zero-order valence-corrected chi connectivity index (χ0v) is 15.7. The Hall–Kier alpha value is -2.50. The largest absolute Gasteiger partial charge is 0.493 e. The number of aryl methyl sites for hydroxylation is 1. The van der Waals surface area contributed by atoms with Gasteiger partial charge in [-0.25, -0.2) is 4.99 Å². The maximum absolute atomic E-state index is 5.97. The molecule has 1 saturated carbocycles. The van der Waals surface area contributed by atoms with E-state index in [-0.39, 0.29) is 0 Å². The van der Waals surface area contributed by atoms with Crippen molar-refractivity contribution in [3.63, 3.8) is 0 Å². The molecule has 0 atom stereocenters. The molecule has 2 N–H and O–H groups in total. The van der Waals surface area contributed by atoms with Crippen molar-refractivity contribution < 1.29 is 4.74 Å². The van der Waals surface area contributed by atoms with E-state index < -0.39 is 0 Å². The van der Waals surface area contributed by atoms with Gasteiger partial charge in [0.05, 0.1) is 25.9 Å². The SMILES string of the molecule is CCNC(=NCc1ccccc1OCC1CC1)NCCn1cc(C)cn1. The summed E-state index contributed by atoms with van der Waals surface area (Å²) in [6.45, 7) is 7.93. The Labute approximate surface area is 155 Å². The number of aliphatic imine (C=N–C) groups is 1. The van der Waals surface area contributed by atoms with Gasteiger partial charge < -0.3 is 15.4 Å². The topological polar surface area (TPSA) is 63.5 Å². The van der Waals surface area contributed by atoms with Gasteiger partial charge in [0.2, 0.25) is 0 Å². The minimum absolute atomic E-state index is 0.594. The van der Waals surface area contributed by atoms with Gasteiger partial charge >= 0.3 is 0 Å². The molecular weight excluding hydrogens is 326 g/mol. The van der Waals surface area contributed by atoms with E-state index in [4.69, 9.17) is 9.73 Å². The van der Waals surface area contributed by atoms with Crippen LogP contribution in [0, 0.1) is 12.8 Å². The Morgan fingerprint density at radius 3 is 2.88 bits per heavy atom. The number of rotatable bonds is 9. The van der Waals surface area contributed by atoms with Crippen LogP contribution in [-0.4, -0.2) is 35.4 Å². The number of nitrogens with zero attached hydrogens (tertiary/aromatic N) is 3. The summed E-state index contributed by atoms with van der Waals surface area (Å²) in [5, 5.41) is 11.0. The van der Waals surface area contributed by atoms with E-state index >= 15 is 0 Å². The van der Waals surface area contributed by atoms with E-state index in [1.165, 1.54) is 18.4 Å². The minimum Gasteiger partial charge on any atom is -0.493 e. The number of para-hydroxylation sites is 1. The van der Waals surface area contributed by atoms with Gasteiger partial charge in [0.25, 0.3) is 0 Å². The van der Waals surface area contributed by atoms with Crippen LogP contribution < -0.4 is 15.4 Å². The van der Waals surface area contributed by atoms with Crippen molar-refractivity contribution in [2.45, 2.75) is 39.8 Å². The van der Waals surface area contributed by atoms with E-state index in [1.54, 1.807) is 0 Å². The van der Waals surface area contributed by atoms with E-state index in [9.17, 15) is 0 Å². The number of hydrogen-bond acceptors (Lipinski definition) is 3. The third kappa shape index (κ3) is 5.79. The summed E-state index contributed by atoms with van der Waals surface area (Å²) in [5.74, 6) is 2.51. The van der Waals surface area contributed by atoms with Crippen LogP contribution in [0.4, 0.5) is 0 Å². The third-order valence-corrected chi connectivity index (χ3v) is 4.29. The summed E-state index contributed by atoms with van der Waals surface area (Å²) in [5.41, 5.74) is 2.29. The molecule has 0 aliphatic heterocycles. The molecule has 1 aromatic carbocycles. The molecule has 0 unspecified atom stereocenters. The zero-order valence-electron chi connectivity index (χ0n) is 15.7. The molecule has 2 aromatic rings. The smallest absolute Gasteiger partial charge is 0.191 e. The quantitative estimate of drug-likeness (QED) is 0.536. The van der Waals surface area contributed by atoms with Crippen LogP contribution in [0.1, 0.15) is 30.9 Å². The molecule has 0 spiro atoms. The lowest BCUT2D eigenvalue weighted by Crippen LogP contribution is -2.38. The molecule has 1 aliphatic rings. The van der Waals surface area contributed by atoms with Crippen molar-refractivity contribution in [2.24, 2.45) is 10.9 Å². The maximum atomic E-state index is 5.97. The Kier molecular flexibility index (Phi) is 6.52. The average molecular weight is 355 g/mol. The highest BCUT2D eigenvalue weighted by atomic mass is 16.5. The first-order chi connectivity index (χ1) is 12.7. The number of guanidine groups is 1. The molecular formula is C20H29N5O. The highest BCUT2D eigenvalue weighted by molar-refractivity contribution is 5.79. The summed E-state index contributed by atoms with van der Waals surface area (Å²) in [7, 11) is 0. The van der Waals surface area contributed by atoms with Gasteiger partial charge in [-0.2, -0.15) is 5.10 Å². The number of benzene rings is 1. The molecule has 1 fully saturated rings. The summed E-state index contributed by atoms with van der Waals surface area (Å²) < 4.78 is 7.91. The summed E-state index contributed by atoms with van der Waals surface area (Å²) in [6.07, 6.45) is 6.51. The molecule has 1 heterocycles. The van der Waals surface area contributed by atoms with Crippen molar-refractivity contribution in [1.82, 2.24) is 20.4 Å². The number of ether oxygens (including phenoxy) is 1. The van der Waals surface area contributed by atoms with Gasteiger partial charge in [0.15, 0.2) is 5.96 Å². The summed E-state index contributed by atoms with van der Waals surface area (Å²) in [6, 6.07) is 8.18. The van der Waals surface area contributed by atoms with Crippen LogP contribution in [0.5, 0.6) is 5.75 Å². The first kappa shape index (κ1) is 18.3. The monoisotopic (exact) mass is 355 g/mol. The van der Waals surface area contributed by atoms with E-state index in [0.717, 1.165) is 49.4 Å². The van der Waals surface area contributed by atoms with Crippen LogP contribution in [-0.2, 0) is 13.1 Å². The number of aromatic nitrogens is 2. The maximum Gasteiger partial charge on any atom is 0.191 e. The lowest BCUT2D eigenvalue weighted by molar-refractivity contribution is 0.297. The first-order valence-electron chi connectivity index (χ1n) is 9.46. The Morgan fingerprint density at radius 1 is 1.31 bits per heavy atom. The molecule has 0 saturated heterocycles. The highest BCUT2D eigenvalue weighted by Gasteiger charge is 2.22. The van der Waals surface area contributed by atoms with Gasteiger partial charge in [-0.15, -0.1) is 0 Å². The molecule has 0 bridgehead atoms. The van der Waals surface area contributed by atoms with E-state index in [2.05, 4.69) is 28.7 Å². The molecule has 0 radical (unpaired) electrons.